The van der Waals surface area contributed by atoms with E-state index in [1.807, 2.05) is 30.3 Å². The number of alkyl halides is 2. The van der Waals surface area contributed by atoms with Crippen LogP contribution in [0.5, 0.6) is 0 Å². The number of carbonyl (C=O) groups excluding carboxylic acids is 1. The first-order valence-electron chi connectivity index (χ1n) is 7.20. The van der Waals surface area contributed by atoms with E-state index in [9.17, 15) is 13.6 Å². The molecule has 3 aliphatic rings. The number of hydroxylamine groups is 2. The van der Waals surface area contributed by atoms with Crippen molar-refractivity contribution in [1.82, 2.24) is 9.96 Å². The fourth-order valence-corrected chi connectivity index (χ4v) is 3.23. The normalized spacial score (nSPS) is 28.6. The summed E-state index contributed by atoms with van der Waals surface area (Å²) in [5.74, 6) is -2.52. The molecule has 1 atom stereocenters. The van der Waals surface area contributed by atoms with E-state index in [0.717, 1.165) is 5.56 Å². The maximum absolute atomic E-state index is 13.3. The molecule has 2 aliphatic heterocycles. The molecule has 1 spiro atoms. The van der Waals surface area contributed by atoms with Crippen molar-refractivity contribution in [2.24, 2.45) is 5.41 Å². The van der Waals surface area contributed by atoms with Gasteiger partial charge in [0.2, 0.25) is 6.23 Å². The molecule has 112 valence electrons. The second-order valence-electron chi connectivity index (χ2n) is 6.13. The Bertz CT molecular complexity index is 570. The summed E-state index contributed by atoms with van der Waals surface area (Å²) in [5, 5.41) is 1.32. The van der Waals surface area contributed by atoms with Crippen molar-refractivity contribution in [3.8, 4) is 0 Å². The Hall–Kier alpha value is -1.69. The topological polar surface area (TPSA) is 35.9 Å². The number of rotatable bonds is 1. The maximum atomic E-state index is 13.3. The molecule has 4 rings (SSSR count). The van der Waals surface area contributed by atoms with Crippen LogP contribution in [0.1, 0.15) is 31.1 Å². The molecule has 0 radical (unpaired) electrons. The second kappa shape index (κ2) is 4.16. The molecule has 3 fully saturated rings. The zero-order valence-corrected chi connectivity index (χ0v) is 11.5. The monoisotopic (exact) mass is 294 g/mol. The number of hydrogen-bond donors (Lipinski definition) is 0. The lowest BCUT2D eigenvalue weighted by Crippen LogP contribution is -2.42. The number of carbonyl (C=O) groups is 1. The Labute approximate surface area is 121 Å². The van der Waals surface area contributed by atoms with Crippen LogP contribution in [0.2, 0.25) is 0 Å². The Morgan fingerprint density at radius 2 is 1.81 bits per heavy atom. The summed E-state index contributed by atoms with van der Waals surface area (Å²) in [7, 11) is 0. The highest BCUT2D eigenvalue weighted by Gasteiger charge is 2.71. The first-order valence-corrected chi connectivity index (χ1v) is 7.20. The number of likely N-dealkylation sites (tertiary alicyclic amines) is 1. The van der Waals surface area contributed by atoms with Crippen molar-refractivity contribution < 1.29 is 18.4 Å². The fourth-order valence-electron chi connectivity index (χ4n) is 3.23. The van der Waals surface area contributed by atoms with Gasteiger partial charge in [-0.2, -0.15) is 5.06 Å². The van der Waals surface area contributed by atoms with Gasteiger partial charge in [0.25, 0.3) is 5.92 Å². The second-order valence-corrected chi connectivity index (χ2v) is 6.13. The number of benzene rings is 1. The first kappa shape index (κ1) is 13.0. The van der Waals surface area contributed by atoms with Crippen LogP contribution in [0, 0.1) is 5.41 Å². The number of halogens is 2. The van der Waals surface area contributed by atoms with Crippen LogP contribution in [-0.2, 0) is 4.84 Å². The highest BCUT2D eigenvalue weighted by atomic mass is 19.3. The highest BCUT2D eigenvalue weighted by Crippen LogP contribution is 2.65. The molecule has 1 unspecified atom stereocenters. The van der Waals surface area contributed by atoms with Crippen molar-refractivity contribution in [2.45, 2.75) is 31.4 Å². The summed E-state index contributed by atoms with van der Waals surface area (Å²) in [6.45, 7) is 0.769. The molecule has 2 amide bonds. The largest absolute Gasteiger partial charge is 0.346 e. The lowest BCUT2D eigenvalue weighted by molar-refractivity contribution is 0.0331. The van der Waals surface area contributed by atoms with Crippen molar-refractivity contribution in [1.29, 1.82) is 0 Å². The van der Waals surface area contributed by atoms with Crippen LogP contribution in [0.4, 0.5) is 13.6 Å². The minimum atomic E-state index is -2.52. The van der Waals surface area contributed by atoms with E-state index in [2.05, 4.69) is 0 Å². The molecule has 2 heterocycles. The third-order valence-electron chi connectivity index (χ3n) is 4.86. The standard InChI is InChI=1S/C15H16F2N2O2/c16-15(17)10-14(15)6-8-18(9-7-14)13(20)19-12(21-19)11-4-2-1-3-5-11/h1-5,12H,6-10H2. The molecule has 6 heteroatoms. The van der Waals surface area contributed by atoms with Gasteiger partial charge in [0.1, 0.15) is 0 Å². The maximum Gasteiger partial charge on any atom is 0.346 e. The predicted octanol–water partition coefficient (Wildman–Crippen LogP) is 3.17. The summed E-state index contributed by atoms with van der Waals surface area (Å²) in [4.78, 5) is 19.2. The molecular weight excluding hydrogens is 278 g/mol. The number of urea groups is 1. The smallest absolute Gasteiger partial charge is 0.323 e. The average Bonchev–Trinajstić information content (AvgIpc) is 3.37. The molecule has 1 aliphatic carbocycles. The van der Waals surface area contributed by atoms with Gasteiger partial charge < -0.3 is 4.90 Å². The molecular formula is C15H16F2N2O2. The van der Waals surface area contributed by atoms with Gasteiger partial charge in [-0.1, -0.05) is 30.3 Å². The summed E-state index contributed by atoms with van der Waals surface area (Å²) < 4.78 is 26.6. The van der Waals surface area contributed by atoms with E-state index in [0.29, 0.717) is 25.9 Å². The van der Waals surface area contributed by atoms with E-state index in [4.69, 9.17) is 4.84 Å². The van der Waals surface area contributed by atoms with Gasteiger partial charge in [-0.15, -0.1) is 0 Å². The molecule has 0 aromatic heterocycles. The van der Waals surface area contributed by atoms with E-state index in [1.54, 1.807) is 4.90 Å². The summed E-state index contributed by atoms with van der Waals surface area (Å²) in [6.07, 6.45) is 0.414. The number of nitrogens with zero attached hydrogens (tertiary/aromatic N) is 2. The quantitative estimate of drug-likeness (QED) is 0.746. The summed E-state index contributed by atoms with van der Waals surface area (Å²) in [5.41, 5.74) is 0.0931. The molecule has 4 nitrogen and oxygen atoms in total. The van der Waals surface area contributed by atoms with E-state index in [-0.39, 0.29) is 18.7 Å². The molecule has 1 saturated carbocycles. The third kappa shape index (κ3) is 2.00. The third-order valence-corrected chi connectivity index (χ3v) is 4.86. The van der Waals surface area contributed by atoms with Crippen LogP contribution in [0.25, 0.3) is 0 Å². The molecule has 1 aromatic rings. The molecule has 0 bridgehead atoms. The molecule has 21 heavy (non-hydrogen) atoms. The summed E-state index contributed by atoms with van der Waals surface area (Å²) >= 11 is 0. The summed E-state index contributed by atoms with van der Waals surface area (Å²) in [6, 6.07) is 9.25. The Morgan fingerprint density at radius 1 is 1.19 bits per heavy atom. The first-order chi connectivity index (χ1) is 10.0. The highest BCUT2D eigenvalue weighted by molar-refractivity contribution is 5.75. The van der Waals surface area contributed by atoms with E-state index < -0.39 is 11.3 Å². The lowest BCUT2D eigenvalue weighted by atomic mass is 9.93. The van der Waals surface area contributed by atoms with Gasteiger partial charge in [0, 0.05) is 30.5 Å². The van der Waals surface area contributed by atoms with Crippen LogP contribution < -0.4 is 0 Å². The van der Waals surface area contributed by atoms with Crippen LogP contribution in [0.15, 0.2) is 30.3 Å². The van der Waals surface area contributed by atoms with Crippen LogP contribution in [0.3, 0.4) is 0 Å². The zero-order chi connectivity index (χ0) is 14.7. The Morgan fingerprint density at radius 3 is 2.38 bits per heavy atom. The lowest BCUT2D eigenvalue weighted by Gasteiger charge is -2.31. The van der Waals surface area contributed by atoms with Gasteiger partial charge in [0.15, 0.2) is 0 Å². The Balaban J connectivity index is 1.36. The SMILES string of the molecule is O=C(N1CCC2(CC1)CC2(F)F)N1OC1c1ccccc1. The zero-order valence-electron chi connectivity index (χ0n) is 11.5. The van der Waals surface area contributed by atoms with E-state index >= 15 is 0 Å². The Kier molecular flexibility index (Phi) is 2.58. The van der Waals surface area contributed by atoms with E-state index in [1.165, 1.54) is 5.06 Å². The number of amides is 2. The number of piperidine rings is 1. The van der Waals surface area contributed by atoms with Crippen molar-refractivity contribution >= 4 is 6.03 Å². The van der Waals surface area contributed by atoms with Crippen molar-refractivity contribution in [3.63, 3.8) is 0 Å². The number of hydrogen-bond acceptors (Lipinski definition) is 2. The molecule has 0 N–H and O–H groups in total. The van der Waals surface area contributed by atoms with Crippen LogP contribution >= 0.6 is 0 Å². The van der Waals surface area contributed by atoms with Crippen molar-refractivity contribution in [3.05, 3.63) is 35.9 Å². The van der Waals surface area contributed by atoms with Gasteiger partial charge in [-0.3, -0.25) is 0 Å². The fraction of sp³-hybridized carbons (Fsp3) is 0.533. The molecule has 2 saturated heterocycles. The van der Waals surface area contributed by atoms with Crippen molar-refractivity contribution in [2.75, 3.05) is 13.1 Å². The van der Waals surface area contributed by atoms with Gasteiger partial charge in [0.05, 0.1) is 0 Å². The van der Waals surface area contributed by atoms with Crippen LogP contribution in [-0.4, -0.2) is 35.0 Å². The molecule has 1 aromatic carbocycles. The minimum absolute atomic E-state index is 0.0190. The average molecular weight is 294 g/mol. The van der Waals surface area contributed by atoms with Gasteiger partial charge >= 0.3 is 6.03 Å². The van der Waals surface area contributed by atoms with Gasteiger partial charge in [-0.05, 0) is 12.8 Å². The predicted molar refractivity (Wildman–Crippen MR) is 70.3 cm³/mol. The minimum Gasteiger partial charge on any atom is -0.323 e. The van der Waals surface area contributed by atoms with Gasteiger partial charge in [-0.25, -0.2) is 18.4 Å².